The number of hydrogen-bond acceptors (Lipinski definition) is 3. The van der Waals surface area contributed by atoms with Gasteiger partial charge in [0.25, 0.3) is 5.91 Å². The Morgan fingerprint density at radius 1 is 1.09 bits per heavy atom. The highest BCUT2D eigenvalue weighted by Crippen LogP contribution is 2.29. The number of nitrogens with zero attached hydrogens (tertiary/aromatic N) is 2. The van der Waals surface area contributed by atoms with Crippen molar-refractivity contribution in [2.75, 3.05) is 24.5 Å². The molecule has 122 valence electrons. The van der Waals surface area contributed by atoms with E-state index in [0.29, 0.717) is 16.3 Å². The lowest BCUT2D eigenvalue weighted by molar-refractivity contribution is -0.120. The summed E-state index contributed by atoms with van der Waals surface area (Å²) in [6.45, 7) is 1.77. The summed E-state index contributed by atoms with van der Waals surface area (Å²) in [6.07, 6.45) is 3.40. The molecule has 6 nitrogen and oxygen atoms in total. The van der Waals surface area contributed by atoms with Crippen LogP contribution in [0, 0.1) is 0 Å². The van der Waals surface area contributed by atoms with Crippen molar-refractivity contribution in [1.82, 2.24) is 10.2 Å². The first-order chi connectivity index (χ1) is 11.1. The lowest BCUT2D eigenvalue weighted by Crippen LogP contribution is -2.49. The molecule has 1 aromatic rings. The fourth-order valence-electron chi connectivity index (χ4n) is 2.93. The molecule has 0 aromatic heterocycles. The van der Waals surface area contributed by atoms with Crippen molar-refractivity contribution < 1.29 is 14.4 Å². The van der Waals surface area contributed by atoms with Crippen molar-refractivity contribution in [3.8, 4) is 0 Å². The molecule has 2 aliphatic rings. The Balaban J connectivity index is 1.85. The fraction of sp³-hybridized carbons (Fsp3) is 0.438. The van der Waals surface area contributed by atoms with Crippen LogP contribution in [-0.2, 0) is 4.79 Å². The molecule has 0 spiro atoms. The van der Waals surface area contributed by atoms with Crippen LogP contribution in [0.5, 0.6) is 0 Å². The smallest absolute Gasteiger partial charge is 0.328 e. The van der Waals surface area contributed by atoms with E-state index >= 15 is 0 Å². The van der Waals surface area contributed by atoms with Crippen LogP contribution in [0.4, 0.5) is 10.5 Å². The number of anilines is 1. The molecule has 0 aliphatic carbocycles. The van der Waals surface area contributed by atoms with Gasteiger partial charge in [0, 0.05) is 31.6 Å². The number of nitrogens with one attached hydrogen (secondary N) is 1. The number of urea groups is 1. The average molecular weight is 336 g/mol. The maximum atomic E-state index is 12.6. The van der Waals surface area contributed by atoms with Gasteiger partial charge < -0.3 is 4.90 Å². The number of amides is 4. The molecule has 4 amide bonds. The van der Waals surface area contributed by atoms with Gasteiger partial charge in [0.15, 0.2) is 0 Å². The number of benzene rings is 1. The zero-order valence-corrected chi connectivity index (χ0v) is 13.4. The van der Waals surface area contributed by atoms with Gasteiger partial charge in [-0.3, -0.25) is 19.8 Å². The highest BCUT2D eigenvalue weighted by Gasteiger charge is 2.27. The van der Waals surface area contributed by atoms with Crippen LogP contribution in [-0.4, -0.2) is 42.4 Å². The predicted molar refractivity (Wildman–Crippen MR) is 86.7 cm³/mol. The average Bonchev–Trinajstić information content (AvgIpc) is 2.56. The Hall–Kier alpha value is -2.08. The highest BCUT2D eigenvalue weighted by molar-refractivity contribution is 6.34. The summed E-state index contributed by atoms with van der Waals surface area (Å²) in [5.74, 6) is -0.348. The first-order valence-corrected chi connectivity index (χ1v) is 8.14. The maximum absolute atomic E-state index is 12.6. The van der Waals surface area contributed by atoms with Gasteiger partial charge in [-0.25, -0.2) is 4.79 Å². The molecule has 23 heavy (non-hydrogen) atoms. The largest absolute Gasteiger partial charge is 0.339 e. The molecule has 2 heterocycles. The Morgan fingerprint density at radius 3 is 2.52 bits per heavy atom. The molecule has 2 aliphatic heterocycles. The highest BCUT2D eigenvalue weighted by atomic mass is 35.5. The van der Waals surface area contributed by atoms with Crippen molar-refractivity contribution in [2.45, 2.75) is 25.7 Å². The Kier molecular flexibility index (Phi) is 4.52. The predicted octanol–water partition coefficient (Wildman–Crippen LogP) is 2.41. The molecule has 0 bridgehead atoms. The van der Waals surface area contributed by atoms with Crippen LogP contribution < -0.4 is 10.2 Å². The molecule has 0 atom stereocenters. The minimum Gasteiger partial charge on any atom is -0.339 e. The summed E-state index contributed by atoms with van der Waals surface area (Å²) in [4.78, 5) is 39.1. The molecular formula is C16H18ClN3O3. The first kappa shape index (κ1) is 15.8. The monoisotopic (exact) mass is 335 g/mol. The standard InChI is InChI=1S/C16H18ClN3O3/c17-12-5-4-11(15(22)19-7-2-1-3-8-19)10-13(12)20-9-6-14(21)18-16(20)23/h4-5,10H,1-3,6-9H2,(H,18,21,23). The molecule has 0 unspecified atom stereocenters. The number of carbonyl (C=O) groups excluding carboxylic acids is 3. The molecule has 1 N–H and O–H groups in total. The zero-order chi connectivity index (χ0) is 16.4. The molecule has 2 fully saturated rings. The normalized spacial score (nSPS) is 18.8. The van der Waals surface area contributed by atoms with E-state index in [1.807, 2.05) is 4.90 Å². The number of rotatable bonds is 2. The van der Waals surface area contributed by atoms with Gasteiger partial charge in [0.1, 0.15) is 0 Å². The topological polar surface area (TPSA) is 69.7 Å². The Labute approximate surface area is 139 Å². The summed E-state index contributed by atoms with van der Waals surface area (Å²) in [7, 11) is 0. The second kappa shape index (κ2) is 6.58. The lowest BCUT2D eigenvalue weighted by Gasteiger charge is -2.29. The number of halogens is 1. The van der Waals surface area contributed by atoms with Crippen LogP contribution in [0.2, 0.25) is 5.02 Å². The molecule has 0 radical (unpaired) electrons. The number of imide groups is 1. The van der Waals surface area contributed by atoms with Gasteiger partial charge in [-0.05, 0) is 37.5 Å². The number of piperidine rings is 1. The minimum absolute atomic E-state index is 0.0453. The van der Waals surface area contributed by atoms with E-state index in [1.54, 1.807) is 18.2 Å². The summed E-state index contributed by atoms with van der Waals surface area (Å²) in [5.41, 5.74) is 0.968. The molecule has 0 saturated carbocycles. The Morgan fingerprint density at radius 2 is 1.83 bits per heavy atom. The van der Waals surface area contributed by atoms with Crippen LogP contribution in [0.1, 0.15) is 36.0 Å². The van der Waals surface area contributed by atoms with E-state index in [-0.39, 0.29) is 24.8 Å². The first-order valence-electron chi connectivity index (χ1n) is 7.76. The van der Waals surface area contributed by atoms with Gasteiger partial charge in [0.2, 0.25) is 5.91 Å². The third kappa shape index (κ3) is 3.32. The summed E-state index contributed by atoms with van der Waals surface area (Å²) >= 11 is 6.19. The second-order valence-corrected chi connectivity index (χ2v) is 6.18. The van der Waals surface area contributed by atoms with Crippen LogP contribution >= 0.6 is 11.6 Å². The van der Waals surface area contributed by atoms with Crippen molar-refractivity contribution in [3.05, 3.63) is 28.8 Å². The summed E-state index contributed by atoms with van der Waals surface area (Å²) in [5, 5.41) is 2.64. The lowest BCUT2D eigenvalue weighted by atomic mass is 10.1. The van der Waals surface area contributed by atoms with E-state index in [9.17, 15) is 14.4 Å². The van der Waals surface area contributed by atoms with E-state index in [4.69, 9.17) is 11.6 Å². The second-order valence-electron chi connectivity index (χ2n) is 5.77. The summed E-state index contributed by atoms with van der Waals surface area (Å²) in [6, 6.07) is 4.42. The van der Waals surface area contributed by atoms with E-state index < -0.39 is 6.03 Å². The third-order valence-corrected chi connectivity index (χ3v) is 4.50. The van der Waals surface area contributed by atoms with Crippen molar-refractivity contribution >= 4 is 35.1 Å². The van der Waals surface area contributed by atoms with Crippen LogP contribution in [0.15, 0.2) is 18.2 Å². The molecule has 2 saturated heterocycles. The number of likely N-dealkylation sites (tertiary alicyclic amines) is 1. The maximum Gasteiger partial charge on any atom is 0.328 e. The van der Waals surface area contributed by atoms with Crippen molar-refractivity contribution in [3.63, 3.8) is 0 Å². The van der Waals surface area contributed by atoms with Gasteiger partial charge in [-0.15, -0.1) is 0 Å². The van der Waals surface area contributed by atoms with Gasteiger partial charge in [0.05, 0.1) is 10.7 Å². The molecule has 3 rings (SSSR count). The van der Waals surface area contributed by atoms with E-state index in [0.717, 1.165) is 32.4 Å². The quantitative estimate of drug-likeness (QED) is 0.902. The molecule has 1 aromatic carbocycles. The van der Waals surface area contributed by atoms with Gasteiger partial charge >= 0.3 is 6.03 Å². The molecular weight excluding hydrogens is 318 g/mol. The van der Waals surface area contributed by atoms with Gasteiger partial charge in [-0.1, -0.05) is 11.6 Å². The Bertz CT molecular complexity index is 656. The van der Waals surface area contributed by atoms with Crippen molar-refractivity contribution in [2.24, 2.45) is 0 Å². The summed E-state index contributed by atoms with van der Waals surface area (Å²) < 4.78 is 0. The van der Waals surface area contributed by atoms with E-state index in [1.165, 1.54) is 4.90 Å². The minimum atomic E-state index is -0.509. The third-order valence-electron chi connectivity index (χ3n) is 4.18. The number of carbonyl (C=O) groups is 3. The fourth-order valence-corrected chi connectivity index (χ4v) is 3.15. The zero-order valence-electron chi connectivity index (χ0n) is 12.7. The van der Waals surface area contributed by atoms with Crippen LogP contribution in [0.3, 0.4) is 0 Å². The van der Waals surface area contributed by atoms with Crippen LogP contribution in [0.25, 0.3) is 0 Å². The van der Waals surface area contributed by atoms with Crippen molar-refractivity contribution in [1.29, 1.82) is 0 Å². The van der Waals surface area contributed by atoms with E-state index in [2.05, 4.69) is 5.32 Å². The SMILES string of the molecule is O=C1CCN(c2cc(C(=O)N3CCCCC3)ccc2Cl)C(=O)N1. The van der Waals surface area contributed by atoms with Gasteiger partial charge in [-0.2, -0.15) is 0 Å². The number of hydrogen-bond donors (Lipinski definition) is 1. The molecule has 7 heteroatoms.